The summed E-state index contributed by atoms with van der Waals surface area (Å²) >= 11 is 0. The van der Waals surface area contributed by atoms with Gasteiger partial charge in [0.2, 0.25) is 0 Å². The van der Waals surface area contributed by atoms with E-state index in [9.17, 15) is 18.0 Å². The number of alkyl halides is 3. The lowest BCUT2D eigenvalue weighted by atomic mass is 9.86. The van der Waals surface area contributed by atoms with Crippen LogP contribution < -0.4 is 9.47 Å². The fourth-order valence-corrected chi connectivity index (χ4v) is 4.38. The van der Waals surface area contributed by atoms with Crippen molar-refractivity contribution in [3.8, 4) is 11.5 Å². The number of methoxy groups -OCH3 is 2. The number of hydrogen-bond donors (Lipinski definition) is 0. The maximum absolute atomic E-state index is 13.6. The molecule has 0 aliphatic carbocycles. The summed E-state index contributed by atoms with van der Waals surface area (Å²) in [4.78, 5) is 15.3. The number of rotatable bonds is 4. The van der Waals surface area contributed by atoms with Crippen LogP contribution in [0.2, 0.25) is 0 Å². The average Bonchev–Trinajstić information content (AvgIpc) is 2.81. The van der Waals surface area contributed by atoms with Crippen LogP contribution in [-0.4, -0.2) is 31.6 Å². The van der Waals surface area contributed by atoms with E-state index in [0.29, 0.717) is 35.6 Å². The number of nitrogens with zero attached hydrogens (tertiary/aromatic N) is 1. The molecular formula is C26H24F3NO3. The topological polar surface area (TPSA) is 38.8 Å². The Balaban J connectivity index is 1.90. The first kappa shape index (κ1) is 22.7. The van der Waals surface area contributed by atoms with Gasteiger partial charge in [-0.05, 0) is 65.9 Å². The van der Waals surface area contributed by atoms with Gasteiger partial charge in [0.25, 0.3) is 5.91 Å². The molecule has 0 fully saturated rings. The van der Waals surface area contributed by atoms with E-state index in [1.165, 1.54) is 20.3 Å². The lowest BCUT2D eigenvalue weighted by Gasteiger charge is -2.38. The van der Waals surface area contributed by atoms with E-state index >= 15 is 0 Å². The van der Waals surface area contributed by atoms with Gasteiger partial charge in [0, 0.05) is 12.1 Å². The van der Waals surface area contributed by atoms with Crippen LogP contribution >= 0.6 is 0 Å². The molecule has 0 spiro atoms. The van der Waals surface area contributed by atoms with Gasteiger partial charge in [-0.1, -0.05) is 30.3 Å². The Labute approximate surface area is 190 Å². The monoisotopic (exact) mass is 455 g/mol. The second-order valence-electron chi connectivity index (χ2n) is 8.00. The van der Waals surface area contributed by atoms with Crippen molar-refractivity contribution in [1.29, 1.82) is 0 Å². The van der Waals surface area contributed by atoms with Crippen LogP contribution in [-0.2, 0) is 12.6 Å². The second kappa shape index (κ2) is 8.81. The van der Waals surface area contributed by atoms with Gasteiger partial charge in [0.05, 0.1) is 25.8 Å². The second-order valence-corrected chi connectivity index (χ2v) is 8.00. The van der Waals surface area contributed by atoms with E-state index in [2.05, 4.69) is 0 Å². The van der Waals surface area contributed by atoms with Crippen LogP contribution in [0.25, 0.3) is 0 Å². The molecule has 0 N–H and O–H groups in total. The summed E-state index contributed by atoms with van der Waals surface area (Å²) in [6.07, 6.45) is -3.95. The van der Waals surface area contributed by atoms with Crippen LogP contribution in [0.4, 0.5) is 13.2 Å². The molecule has 0 radical (unpaired) electrons. The summed E-state index contributed by atoms with van der Waals surface area (Å²) in [5.41, 5.74) is 2.60. The molecule has 0 aromatic heterocycles. The predicted molar refractivity (Wildman–Crippen MR) is 119 cm³/mol. The molecule has 1 aliphatic rings. The molecule has 7 heteroatoms. The summed E-state index contributed by atoms with van der Waals surface area (Å²) in [5.74, 6) is 0.770. The number of ether oxygens (including phenoxy) is 2. The van der Waals surface area contributed by atoms with E-state index in [4.69, 9.17) is 9.47 Å². The molecule has 0 bridgehead atoms. The molecule has 3 aromatic rings. The molecule has 1 amide bonds. The minimum absolute atomic E-state index is 0.226. The number of carbonyl (C=O) groups excluding carboxylic acids is 1. The quantitative estimate of drug-likeness (QED) is 0.498. The van der Waals surface area contributed by atoms with E-state index in [0.717, 1.165) is 28.8 Å². The third-order valence-electron chi connectivity index (χ3n) is 6.04. The smallest absolute Gasteiger partial charge is 0.416 e. The Morgan fingerprint density at radius 3 is 2.33 bits per heavy atom. The Bertz CT molecular complexity index is 1190. The number of halogens is 3. The molecule has 1 atom stereocenters. The average molecular weight is 455 g/mol. The molecule has 3 aromatic carbocycles. The van der Waals surface area contributed by atoms with Gasteiger partial charge >= 0.3 is 6.18 Å². The van der Waals surface area contributed by atoms with Crippen LogP contribution in [0.15, 0.2) is 60.7 Å². The zero-order valence-electron chi connectivity index (χ0n) is 18.6. The SMILES string of the molecule is COc1cc2c(cc1OC)[C@@H](c1cccc(C(F)(F)F)c1)N(C(=O)c1ccccc1C)CC2. The van der Waals surface area contributed by atoms with Crippen molar-refractivity contribution in [2.24, 2.45) is 0 Å². The van der Waals surface area contributed by atoms with E-state index < -0.39 is 17.8 Å². The third-order valence-corrected chi connectivity index (χ3v) is 6.04. The van der Waals surface area contributed by atoms with Crippen molar-refractivity contribution in [2.45, 2.75) is 25.6 Å². The number of amides is 1. The molecule has 4 nitrogen and oxygen atoms in total. The van der Waals surface area contributed by atoms with Gasteiger partial charge in [0.15, 0.2) is 11.5 Å². The summed E-state index contributed by atoms with van der Waals surface area (Å²) in [7, 11) is 3.04. The number of benzene rings is 3. The van der Waals surface area contributed by atoms with Gasteiger partial charge in [-0.25, -0.2) is 0 Å². The van der Waals surface area contributed by atoms with E-state index in [1.807, 2.05) is 25.1 Å². The van der Waals surface area contributed by atoms with E-state index in [1.54, 1.807) is 29.2 Å². The molecular weight excluding hydrogens is 431 g/mol. The van der Waals surface area contributed by atoms with Crippen molar-refractivity contribution < 1.29 is 27.4 Å². The first-order chi connectivity index (χ1) is 15.7. The summed E-state index contributed by atoms with van der Waals surface area (Å²) < 4.78 is 51.4. The lowest BCUT2D eigenvalue weighted by molar-refractivity contribution is -0.137. The fourth-order valence-electron chi connectivity index (χ4n) is 4.38. The van der Waals surface area contributed by atoms with Gasteiger partial charge in [0.1, 0.15) is 0 Å². The maximum Gasteiger partial charge on any atom is 0.416 e. The minimum atomic E-state index is -4.49. The summed E-state index contributed by atoms with van der Waals surface area (Å²) in [5, 5.41) is 0. The number of hydrogen-bond acceptors (Lipinski definition) is 3. The number of carbonyl (C=O) groups is 1. The first-order valence-corrected chi connectivity index (χ1v) is 10.5. The molecule has 4 rings (SSSR count). The van der Waals surface area contributed by atoms with Gasteiger partial charge in [-0.15, -0.1) is 0 Å². The molecule has 1 aliphatic heterocycles. The number of fused-ring (bicyclic) bond motifs is 1. The van der Waals surface area contributed by atoms with Crippen molar-refractivity contribution in [1.82, 2.24) is 4.90 Å². The molecule has 0 saturated heterocycles. The van der Waals surface area contributed by atoms with Crippen molar-refractivity contribution in [2.75, 3.05) is 20.8 Å². The zero-order valence-corrected chi connectivity index (χ0v) is 18.6. The Morgan fingerprint density at radius 1 is 0.970 bits per heavy atom. The molecule has 0 unspecified atom stereocenters. The highest BCUT2D eigenvalue weighted by molar-refractivity contribution is 5.96. The van der Waals surface area contributed by atoms with E-state index in [-0.39, 0.29) is 5.91 Å². The minimum Gasteiger partial charge on any atom is -0.493 e. The van der Waals surface area contributed by atoms with Gasteiger partial charge in [-0.3, -0.25) is 4.79 Å². The Kier molecular flexibility index (Phi) is 6.06. The Morgan fingerprint density at radius 2 is 1.67 bits per heavy atom. The Hall–Kier alpha value is -3.48. The van der Waals surface area contributed by atoms with Crippen LogP contribution in [0, 0.1) is 6.92 Å². The largest absolute Gasteiger partial charge is 0.493 e. The van der Waals surface area contributed by atoms with Crippen LogP contribution in [0.5, 0.6) is 11.5 Å². The molecule has 0 saturated carbocycles. The lowest BCUT2D eigenvalue weighted by Crippen LogP contribution is -2.41. The predicted octanol–water partition coefficient (Wildman–Crippen LogP) is 5.82. The van der Waals surface area contributed by atoms with Crippen LogP contribution in [0.3, 0.4) is 0 Å². The highest BCUT2D eigenvalue weighted by Crippen LogP contribution is 2.42. The molecule has 172 valence electrons. The third kappa shape index (κ3) is 4.27. The fraction of sp³-hybridized carbons (Fsp3) is 0.269. The summed E-state index contributed by atoms with van der Waals surface area (Å²) in [6.45, 7) is 2.20. The van der Waals surface area contributed by atoms with Gasteiger partial charge < -0.3 is 14.4 Å². The highest BCUT2D eigenvalue weighted by atomic mass is 19.4. The zero-order chi connectivity index (χ0) is 23.8. The van der Waals surface area contributed by atoms with Crippen LogP contribution in [0.1, 0.15) is 44.2 Å². The van der Waals surface area contributed by atoms with Crippen molar-refractivity contribution in [3.05, 3.63) is 94.0 Å². The normalized spacial score (nSPS) is 15.7. The maximum atomic E-state index is 13.6. The first-order valence-electron chi connectivity index (χ1n) is 10.5. The van der Waals surface area contributed by atoms with Crippen molar-refractivity contribution in [3.63, 3.8) is 0 Å². The number of aryl methyl sites for hydroxylation is 1. The van der Waals surface area contributed by atoms with Crippen molar-refractivity contribution >= 4 is 5.91 Å². The summed E-state index contributed by atoms with van der Waals surface area (Å²) in [6, 6.07) is 15.3. The van der Waals surface area contributed by atoms with Gasteiger partial charge in [-0.2, -0.15) is 13.2 Å². The highest BCUT2D eigenvalue weighted by Gasteiger charge is 2.36. The standard InChI is InChI=1S/C26H24F3NO3/c1-16-7-4-5-10-20(16)25(31)30-12-11-17-14-22(32-2)23(33-3)15-21(17)24(30)18-8-6-9-19(13-18)26(27,28)29/h4-10,13-15,24H,11-12H2,1-3H3/t24-/m1/s1. The molecule has 33 heavy (non-hydrogen) atoms. The molecule has 1 heterocycles.